The summed E-state index contributed by atoms with van der Waals surface area (Å²) in [6.45, 7) is 4.26. The van der Waals surface area contributed by atoms with Gasteiger partial charge in [0.1, 0.15) is 0 Å². The van der Waals surface area contributed by atoms with Crippen LogP contribution in [0.1, 0.15) is 26.7 Å². The highest BCUT2D eigenvalue weighted by atomic mass is 16.5. The predicted molar refractivity (Wildman–Crippen MR) is 37.4 cm³/mol. The summed E-state index contributed by atoms with van der Waals surface area (Å²) in [4.78, 5) is 0. The highest BCUT2D eigenvalue weighted by molar-refractivity contribution is 4.64. The van der Waals surface area contributed by atoms with E-state index in [4.69, 9.17) is 9.84 Å². The first-order valence-corrected chi connectivity index (χ1v) is 3.39. The number of hydrogen-bond acceptors (Lipinski definition) is 2. The SMILES string of the molecule is CC1CCC(C)O1.CO. The van der Waals surface area contributed by atoms with Gasteiger partial charge in [0.25, 0.3) is 0 Å². The van der Waals surface area contributed by atoms with Crippen molar-refractivity contribution in [3.63, 3.8) is 0 Å². The van der Waals surface area contributed by atoms with E-state index >= 15 is 0 Å². The summed E-state index contributed by atoms with van der Waals surface area (Å²) in [6, 6.07) is 0. The van der Waals surface area contributed by atoms with Gasteiger partial charge in [0, 0.05) is 7.11 Å². The Balaban J connectivity index is 0.000000291. The van der Waals surface area contributed by atoms with Gasteiger partial charge in [-0.3, -0.25) is 0 Å². The van der Waals surface area contributed by atoms with Crippen LogP contribution in [0, 0.1) is 0 Å². The molecule has 1 aliphatic rings. The summed E-state index contributed by atoms with van der Waals surface area (Å²) in [7, 11) is 1.00. The molecule has 2 atom stereocenters. The molecule has 2 heteroatoms. The number of rotatable bonds is 0. The largest absolute Gasteiger partial charge is 0.400 e. The Morgan fingerprint density at radius 1 is 1.11 bits per heavy atom. The van der Waals surface area contributed by atoms with Crippen molar-refractivity contribution < 1.29 is 9.84 Å². The molecule has 1 aliphatic heterocycles. The molecular weight excluding hydrogens is 116 g/mol. The lowest BCUT2D eigenvalue weighted by atomic mass is 10.2. The minimum Gasteiger partial charge on any atom is -0.400 e. The number of hydrogen-bond donors (Lipinski definition) is 1. The van der Waals surface area contributed by atoms with Crippen molar-refractivity contribution in [2.24, 2.45) is 0 Å². The molecule has 0 aromatic heterocycles. The van der Waals surface area contributed by atoms with Gasteiger partial charge in [-0.15, -0.1) is 0 Å². The van der Waals surface area contributed by atoms with Crippen LogP contribution in [0.4, 0.5) is 0 Å². The van der Waals surface area contributed by atoms with Crippen LogP contribution in [0.15, 0.2) is 0 Å². The van der Waals surface area contributed by atoms with Gasteiger partial charge in [-0.25, -0.2) is 0 Å². The highest BCUT2D eigenvalue weighted by Crippen LogP contribution is 2.17. The standard InChI is InChI=1S/C6H12O.CH4O/c1-5-3-4-6(2)7-5;1-2/h5-6H,3-4H2,1-2H3;2H,1H3. The average molecular weight is 132 g/mol. The average Bonchev–Trinajstić information content (AvgIpc) is 2.20. The molecule has 0 aliphatic carbocycles. The second-order valence-electron chi connectivity index (χ2n) is 2.33. The van der Waals surface area contributed by atoms with E-state index in [1.165, 1.54) is 12.8 Å². The van der Waals surface area contributed by atoms with E-state index in [0.717, 1.165) is 7.11 Å². The smallest absolute Gasteiger partial charge is 0.0551 e. The molecule has 0 amide bonds. The lowest BCUT2D eigenvalue weighted by Gasteiger charge is -2.01. The molecule has 1 fully saturated rings. The maximum Gasteiger partial charge on any atom is 0.0551 e. The zero-order chi connectivity index (χ0) is 7.28. The van der Waals surface area contributed by atoms with Gasteiger partial charge in [0.2, 0.25) is 0 Å². The minimum atomic E-state index is 0.523. The molecule has 1 rings (SSSR count). The van der Waals surface area contributed by atoms with Crippen LogP contribution in [0.2, 0.25) is 0 Å². The molecule has 0 radical (unpaired) electrons. The van der Waals surface area contributed by atoms with Gasteiger partial charge in [0.05, 0.1) is 12.2 Å². The summed E-state index contributed by atoms with van der Waals surface area (Å²) in [5.74, 6) is 0. The van der Waals surface area contributed by atoms with Crippen molar-refractivity contribution in [3.8, 4) is 0 Å². The summed E-state index contributed by atoms with van der Waals surface area (Å²) in [5, 5.41) is 7.00. The molecule has 1 heterocycles. The zero-order valence-corrected chi connectivity index (χ0v) is 6.42. The fourth-order valence-electron chi connectivity index (χ4n) is 1.00. The van der Waals surface area contributed by atoms with Crippen LogP contribution in [0.3, 0.4) is 0 Å². The number of ether oxygens (including phenoxy) is 1. The van der Waals surface area contributed by atoms with Gasteiger partial charge < -0.3 is 9.84 Å². The van der Waals surface area contributed by atoms with Crippen LogP contribution < -0.4 is 0 Å². The fourth-order valence-corrected chi connectivity index (χ4v) is 1.00. The fraction of sp³-hybridized carbons (Fsp3) is 1.00. The van der Waals surface area contributed by atoms with Gasteiger partial charge >= 0.3 is 0 Å². The number of aliphatic hydroxyl groups excluding tert-OH is 1. The minimum absolute atomic E-state index is 0.523. The molecule has 0 aromatic rings. The molecule has 0 aromatic carbocycles. The van der Waals surface area contributed by atoms with Crippen LogP contribution in [-0.2, 0) is 4.74 Å². The first-order chi connectivity index (χ1) is 4.29. The Bertz CT molecular complexity index is 55.9. The Morgan fingerprint density at radius 3 is 1.56 bits per heavy atom. The molecular formula is C7H16O2. The van der Waals surface area contributed by atoms with Crippen molar-refractivity contribution in [3.05, 3.63) is 0 Å². The molecule has 2 unspecified atom stereocenters. The second-order valence-corrected chi connectivity index (χ2v) is 2.33. The van der Waals surface area contributed by atoms with E-state index in [9.17, 15) is 0 Å². The molecule has 56 valence electrons. The topological polar surface area (TPSA) is 29.5 Å². The normalized spacial score (nSPS) is 33.3. The molecule has 2 nitrogen and oxygen atoms in total. The van der Waals surface area contributed by atoms with Crippen LogP contribution in [0.5, 0.6) is 0 Å². The highest BCUT2D eigenvalue weighted by Gasteiger charge is 2.16. The van der Waals surface area contributed by atoms with E-state index in [1.807, 2.05) is 0 Å². The van der Waals surface area contributed by atoms with Gasteiger partial charge in [0.15, 0.2) is 0 Å². The summed E-state index contributed by atoms with van der Waals surface area (Å²) < 4.78 is 5.36. The molecule has 0 saturated carbocycles. The molecule has 1 saturated heterocycles. The van der Waals surface area contributed by atoms with Crippen molar-refractivity contribution >= 4 is 0 Å². The quantitative estimate of drug-likeness (QED) is 0.536. The molecule has 1 N–H and O–H groups in total. The van der Waals surface area contributed by atoms with Crippen molar-refractivity contribution in [1.29, 1.82) is 0 Å². The molecule has 0 bridgehead atoms. The summed E-state index contributed by atoms with van der Waals surface area (Å²) in [5.41, 5.74) is 0. The zero-order valence-electron chi connectivity index (χ0n) is 6.42. The third kappa shape index (κ3) is 3.49. The van der Waals surface area contributed by atoms with Gasteiger partial charge in [-0.05, 0) is 26.7 Å². The van der Waals surface area contributed by atoms with E-state index in [-0.39, 0.29) is 0 Å². The van der Waals surface area contributed by atoms with Crippen LogP contribution in [0.25, 0.3) is 0 Å². The van der Waals surface area contributed by atoms with E-state index in [1.54, 1.807) is 0 Å². The molecule has 0 spiro atoms. The maximum atomic E-state index is 7.00. The predicted octanol–water partition coefficient (Wildman–Crippen LogP) is 1.18. The first kappa shape index (κ1) is 8.92. The molecule has 9 heavy (non-hydrogen) atoms. The first-order valence-electron chi connectivity index (χ1n) is 3.39. The van der Waals surface area contributed by atoms with Gasteiger partial charge in [-0.2, -0.15) is 0 Å². The maximum absolute atomic E-state index is 7.00. The van der Waals surface area contributed by atoms with Crippen LogP contribution in [-0.4, -0.2) is 24.4 Å². The van der Waals surface area contributed by atoms with Crippen molar-refractivity contribution in [2.45, 2.75) is 38.9 Å². The van der Waals surface area contributed by atoms with E-state index in [0.29, 0.717) is 12.2 Å². The van der Waals surface area contributed by atoms with Crippen molar-refractivity contribution in [1.82, 2.24) is 0 Å². The third-order valence-electron chi connectivity index (χ3n) is 1.44. The Hall–Kier alpha value is -0.0800. The Labute approximate surface area is 56.8 Å². The Morgan fingerprint density at radius 2 is 1.44 bits per heavy atom. The van der Waals surface area contributed by atoms with Crippen LogP contribution >= 0.6 is 0 Å². The van der Waals surface area contributed by atoms with E-state index < -0.39 is 0 Å². The lowest BCUT2D eigenvalue weighted by molar-refractivity contribution is 0.0673. The number of aliphatic hydroxyl groups is 1. The third-order valence-corrected chi connectivity index (χ3v) is 1.44. The Kier molecular flexibility index (Phi) is 4.72. The second kappa shape index (κ2) is 4.77. The summed E-state index contributed by atoms with van der Waals surface area (Å²) >= 11 is 0. The van der Waals surface area contributed by atoms with E-state index in [2.05, 4.69) is 13.8 Å². The van der Waals surface area contributed by atoms with Crippen molar-refractivity contribution in [2.75, 3.05) is 7.11 Å². The summed E-state index contributed by atoms with van der Waals surface area (Å²) in [6.07, 6.45) is 3.55. The lowest BCUT2D eigenvalue weighted by Crippen LogP contribution is -2.01. The van der Waals surface area contributed by atoms with Gasteiger partial charge in [-0.1, -0.05) is 0 Å². The monoisotopic (exact) mass is 132 g/mol.